The largest absolute Gasteiger partial charge is 0.464 e. The highest BCUT2D eigenvalue weighted by Crippen LogP contribution is 1.99. The molecule has 98 valence electrons. The monoisotopic (exact) mass is 236 g/mol. The lowest BCUT2D eigenvalue weighted by Crippen LogP contribution is -2.19. The van der Waals surface area contributed by atoms with Crippen molar-refractivity contribution >= 4 is 5.97 Å². The van der Waals surface area contributed by atoms with Crippen molar-refractivity contribution in [3.05, 3.63) is 0 Å². The van der Waals surface area contributed by atoms with Crippen LogP contribution in [-0.4, -0.2) is 47.2 Å². The van der Waals surface area contributed by atoms with Crippen molar-refractivity contribution in [1.82, 2.24) is 0 Å². The number of unbranched alkanes of at least 4 members (excludes halogenated alkanes) is 3. The van der Waals surface area contributed by atoms with Gasteiger partial charge in [-0.3, -0.25) is 0 Å². The summed E-state index contributed by atoms with van der Waals surface area (Å²) in [6, 6.07) is 0. The molecule has 0 fully saturated rings. The highest BCUT2D eigenvalue weighted by molar-refractivity contribution is 5.73. The number of carbonyl (C=O) groups excluding carboxylic acids is 1. The Morgan fingerprint density at radius 1 is 1.19 bits per heavy atom. The van der Waals surface area contributed by atoms with Gasteiger partial charge in [0.15, 0.2) is 0 Å². The average Bonchev–Trinajstić information content (AvgIpc) is 2.24. The van der Waals surface area contributed by atoms with Crippen molar-refractivity contribution in [3.63, 3.8) is 0 Å². The molecule has 0 saturated heterocycles. The smallest absolute Gasteiger partial charge is 0.334 e. The van der Waals surface area contributed by atoms with Crippen LogP contribution in [0.25, 0.3) is 0 Å². The lowest BCUT2D eigenvalue weighted by molar-refractivity contribution is -0.152. The Labute approximate surface area is 97.1 Å². The molecule has 1 unspecified atom stereocenters. The van der Waals surface area contributed by atoms with E-state index < -0.39 is 12.1 Å². The molecule has 0 aliphatic heterocycles. The van der Waals surface area contributed by atoms with Gasteiger partial charge in [0, 0.05) is 13.2 Å². The summed E-state index contributed by atoms with van der Waals surface area (Å²) in [7, 11) is 0. The normalized spacial score (nSPS) is 11.3. The number of ether oxygens (including phenoxy) is 1. The van der Waals surface area contributed by atoms with Gasteiger partial charge in [-0.2, -0.15) is 0 Å². The van der Waals surface area contributed by atoms with Crippen molar-refractivity contribution in [2.45, 2.75) is 45.6 Å². The molecule has 0 aromatic heterocycles. The molecule has 3 N–H and O–H groups in total. The average molecular weight is 236 g/mol. The molecule has 0 aromatic carbocycles. The van der Waals surface area contributed by atoms with Gasteiger partial charge in [0.2, 0.25) is 0 Å². The summed E-state index contributed by atoms with van der Waals surface area (Å²) < 4.78 is 4.73. The van der Waals surface area contributed by atoms with Gasteiger partial charge in [-0.1, -0.05) is 6.42 Å². The zero-order valence-corrected chi connectivity index (χ0v) is 10.2. The minimum atomic E-state index is -1.03. The second-order valence-corrected chi connectivity index (χ2v) is 3.30. The van der Waals surface area contributed by atoms with Crippen molar-refractivity contribution in [2.75, 3.05) is 19.8 Å². The molecule has 16 heavy (non-hydrogen) atoms. The van der Waals surface area contributed by atoms with Gasteiger partial charge in [0.1, 0.15) is 6.10 Å². The predicted octanol–water partition coefficient (Wildman–Crippen LogP) is 0.462. The molecule has 1 atom stereocenters. The van der Waals surface area contributed by atoms with Crippen molar-refractivity contribution in [3.8, 4) is 0 Å². The minimum absolute atomic E-state index is 0.216. The maximum Gasteiger partial charge on any atom is 0.334 e. The van der Waals surface area contributed by atoms with Crippen LogP contribution in [0.2, 0.25) is 0 Å². The maximum atomic E-state index is 10.7. The Kier molecular flexibility index (Phi) is 15.9. The van der Waals surface area contributed by atoms with Gasteiger partial charge in [-0.25, -0.2) is 4.79 Å². The molecule has 0 heterocycles. The number of carbonyl (C=O) groups is 1. The first-order chi connectivity index (χ1) is 7.59. The van der Waals surface area contributed by atoms with Gasteiger partial charge in [0.25, 0.3) is 0 Å². The first kappa shape index (κ1) is 17.7. The molecule has 0 rings (SSSR count). The third-order valence-electron chi connectivity index (χ3n) is 1.64. The third kappa shape index (κ3) is 15.8. The molecule has 0 aliphatic carbocycles. The van der Waals surface area contributed by atoms with Crippen LogP contribution in [0.1, 0.15) is 39.5 Å². The molecule has 5 heteroatoms. The fourth-order valence-corrected chi connectivity index (χ4v) is 0.861. The van der Waals surface area contributed by atoms with E-state index in [1.54, 1.807) is 6.92 Å². The zero-order valence-electron chi connectivity index (χ0n) is 10.2. The first-order valence-electron chi connectivity index (χ1n) is 5.66. The molecular formula is C11H24O5. The van der Waals surface area contributed by atoms with E-state index in [4.69, 9.17) is 20.1 Å². The number of esters is 1. The number of rotatable bonds is 7. The number of hydrogen-bond acceptors (Lipinski definition) is 5. The second-order valence-electron chi connectivity index (χ2n) is 3.30. The van der Waals surface area contributed by atoms with Crippen LogP contribution in [0.3, 0.4) is 0 Å². The van der Waals surface area contributed by atoms with E-state index in [9.17, 15) is 4.79 Å². The molecule has 0 aliphatic rings. The molecule has 5 nitrogen and oxygen atoms in total. The van der Waals surface area contributed by atoms with Crippen molar-refractivity contribution in [1.29, 1.82) is 0 Å². The summed E-state index contributed by atoms with van der Waals surface area (Å²) in [5.41, 5.74) is 0. The molecule has 0 amide bonds. The number of aliphatic hydroxyl groups excluding tert-OH is 3. The first-order valence-corrected chi connectivity index (χ1v) is 5.66. The van der Waals surface area contributed by atoms with E-state index in [2.05, 4.69) is 0 Å². The summed E-state index contributed by atoms with van der Waals surface area (Å²) in [5, 5.41) is 24.8. The topological polar surface area (TPSA) is 87.0 Å². The van der Waals surface area contributed by atoms with Gasteiger partial charge in [-0.15, -0.1) is 0 Å². The Balaban J connectivity index is 0. The van der Waals surface area contributed by atoms with E-state index in [0.29, 0.717) is 6.61 Å². The lowest BCUT2D eigenvalue weighted by atomic mass is 10.2. The molecule has 0 bridgehead atoms. The summed E-state index contributed by atoms with van der Waals surface area (Å²) in [4.78, 5) is 10.7. The van der Waals surface area contributed by atoms with Crippen LogP contribution in [-0.2, 0) is 9.53 Å². The minimum Gasteiger partial charge on any atom is -0.464 e. The van der Waals surface area contributed by atoms with Crippen LogP contribution < -0.4 is 0 Å². The Bertz CT molecular complexity index is 147. The van der Waals surface area contributed by atoms with E-state index in [1.165, 1.54) is 6.92 Å². The molecule has 0 aromatic rings. The third-order valence-corrected chi connectivity index (χ3v) is 1.64. The van der Waals surface area contributed by atoms with Crippen LogP contribution in [0.5, 0.6) is 0 Å². The fourth-order valence-electron chi connectivity index (χ4n) is 0.861. The summed E-state index contributed by atoms with van der Waals surface area (Å²) in [5.74, 6) is -0.567. The predicted molar refractivity (Wildman–Crippen MR) is 61.0 cm³/mol. The Morgan fingerprint density at radius 3 is 2.12 bits per heavy atom. The van der Waals surface area contributed by atoms with Crippen LogP contribution in [0, 0.1) is 0 Å². The lowest BCUT2D eigenvalue weighted by Gasteiger charge is -2.05. The van der Waals surface area contributed by atoms with Gasteiger partial charge in [-0.05, 0) is 33.1 Å². The fraction of sp³-hybridized carbons (Fsp3) is 0.909. The zero-order chi connectivity index (χ0) is 12.8. The molecule has 0 saturated carbocycles. The standard InChI is InChI=1S/C9H18O4.C2H6O/c1-8(11)9(12)13-7-5-3-2-4-6-10;1-2-3/h8,10-11H,2-7H2,1H3;3H,2H2,1H3. The van der Waals surface area contributed by atoms with E-state index in [0.717, 1.165) is 25.7 Å². The number of aliphatic hydroxyl groups is 3. The van der Waals surface area contributed by atoms with Gasteiger partial charge >= 0.3 is 5.97 Å². The number of hydrogen-bond donors (Lipinski definition) is 3. The highest BCUT2D eigenvalue weighted by Gasteiger charge is 2.08. The molecule has 0 radical (unpaired) electrons. The Hall–Kier alpha value is -0.650. The van der Waals surface area contributed by atoms with E-state index in [1.807, 2.05) is 0 Å². The highest BCUT2D eigenvalue weighted by atomic mass is 16.5. The SMILES string of the molecule is CC(O)C(=O)OCCCCCCO.CCO. The quantitative estimate of drug-likeness (QED) is 0.441. The van der Waals surface area contributed by atoms with Crippen LogP contribution in [0.15, 0.2) is 0 Å². The summed E-state index contributed by atoms with van der Waals surface area (Å²) in [6.07, 6.45) is 2.44. The summed E-state index contributed by atoms with van der Waals surface area (Å²) >= 11 is 0. The van der Waals surface area contributed by atoms with Gasteiger partial charge < -0.3 is 20.1 Å². The van der Waals surface area contributed by atoms with Crippen molar-refractivity contribution < 1.29 is 24.9 Å². The second kappa shape index (κ2) is 14.3. The molecular weight excluding hydrogens is 212 g/mol. The van der Waals surface area contributed by atoms with Crippen LogP contribution in [0.4, 0.5) is 0 Å². The van der Waals surface area contributed by atoms with Gasteiger partial charge in [0.05, 0.1) is 6.61 Å². The summed E-state index contributed by atoms with van der Waals surface area (Å²) in [6.45, 7) is 3.89. The molecule has 0 spiro atoms. The Morgan fingerprint density at radius 2 is 1.69 bits per heavy atom. The maximum absolute atomic E-state index is 10.7. The van der Waals surface area contributed by atoms with E-state index in [-0.39, 0.29) is 13.2 Å². The van der Waals surface area contributed by atoms with Crippen molar-refractivity contribution in [2.24, 2.45) is 0 Å². The van der Waals surface area contributed by atoms with E-state index >= 15 is 0 Å². The van der Waals surface area contributed by atoms with Crippen LogP contribution >= 0.6 is 0 Å².